The van der Waals surface area contributed by atoms with E-state index in [1.54, 1.807) is 18.2 Å². The molecule has 0 saturated carbocycles. The van der Waals surface area contributed by atoms with Crippen LogP contribution in [0, 0.1) is 0 Å². The monoisotopic (exact) mass is 182 g/mol. The van der Waals surface area contributed by atoms with E-state index in [0.717, 1.165) is 11.1 Å². The number of hydrogen-bond acceptors (Lipinski definition) is 2. The van der Waals surface area contributed by atoms with Crippen LogP contribution in [-0.2, 0) is 18.9 Å². The second-order valence-corrected chi connectivity index (χ2v) is 3.41. The minimum atomic E-state index is -2.16. The van der Waals surface area contributed by atoms with Crippen molar-refractivity contribution in [2.75, 3.05) is 0 Å². The van der Waals surface area contributed by atoms with E-state index in [9.17, 15) is 9.50 Å². The van der Waals surface area contributed by atoms with Crippen molar-refractivity contribution < 1.29 is 14.6 Å². The molecule has 2 rings (SSSR count). The topological polar surface area (TPSA) is 40.5 Å². The SMILES string of the molecule is OCc1ccc2c(c1)CCC2(O)F. The average Bonchev–Trinajstić information content (AvgIpc) is 2.42. The number of fused-ring (bicyclic) bond motifs is 1. The Kier molecular flexibility index (Phi) is 1.86. The van der Waals surface area contributed by atoms with E-state index < -0.39 is 5.85 Å². The van der Waals surface area contributed by atoms with Gasteiger partial charge >= 0.3 is 0 Å². The fraction of sp³-hybridized carbons (Fsp3) is 0.400. The van der Waals surface area contributed by atoms with Gasteiger partial charge in [-0.1, -0.05) is 18.2 Å². The second-order valence-electron chi connectivity index (χ2n) is 3.41. The molecule has 1 unspecified atom stereocenters. The van der Waals surface area contributed by atoms with Crippen LogP contribution in [0.5, 0.6) is 0 Å². The largest absolute Gasteiger partial charge is 0.392 e. The molecule has 2 nitrogen and oxygen atoms in total. The fourth-order valence-corrected chi connectivity index (χ4v) is 1.76. The van der Waals surface area contributed by atoms with Crippen LogP contribution < -0.4 is 0 Å². The maximum absolute atomic E-state index is 13.3. The van der Waals surface area contributed by atoms with E-state index in [-0.39, 0.29) is 13.0 Å². The van der Waals surface area contributed by atoms with Crippen molar-refractivity contribution in [3.63, 3.8) is 0 Å². The second kappa shape index (κ2) is 2.79. The normalized spacial score (nSPS) is 26.1. The van der Waals surface area contributed by atoms with Crippen molar-refractivity contribution in [2.24, 2.45) is 0 Å². The molecule has 0 fully saturated rings. The van der Waals surface area contributed by atoms with Gasteiger partial charge in [-0.25, -0.2) is 4.39 Å². The zero-order valence-corrected chi connectivity index (χ0v) is 7.13. The quantitative estimate of drug-likeness (QED) is 0.686. The van der Waals surface area contributed by atoms with Crippen LogP contribution in [0.4, 0.5) is 4.39 Å². The zero-order chi connectivity index (χ0) is 9.47. The van der Waals surface area contributed by atoms with Crippen molar-refractivity contribution >= 4 is 0 Å². The van der Waals surface area contributed by atoms with Gasteiger partial charge in [-0.2, -0.15) is 0 Å². The summed E-state index contributed by atoms with van der Waals surface area (Å²) in [4.78, 5) is 0. The number of aryl methyl sites for hydroxylation is 1. The van der Waals surface area contributed by atoms with Crippen molar-refractivity contribution in [2.45, 2.75) is 25.3 Å². The third-order valence-electron chi connectivity index (χ3n) is 2.49. The van der Waals surface area contributed by atoms with Crippen LogP contribution in [0.3, 0.4) is 0 Å². The predicted molar refractivity (Wildman–Crippen MR) is 45.7 cm³/mol. The predicted octanol–water partition coefficient (Wildman–Crippen LogP) is 1.24. The van der Waals surface area contributed by atoms with Gasteiger partial charge < -0.3 is 10.2 Å². The highest BCUT2D eigenvalue weighted by Gasteiger charge is 2.36. The third-order valence-corrected chi connectivity index (χ3v) is 2.49. The van der Waals surface area contributed by atoms with E-state index in [0.29, 0.717) is 12.0 Å². The van der Waals surface area contributed by atoms with Gasteiger partial charge in [-0.3, -0.25) is 0 Å². The summed E-state index contributed by atoms with van der Waals surface area (Å²) in [5.74, 6) is -2.16. The molecule has 1 aromatic rings. The molecule has 0 radical (unpaired) electrons. The minimum Gasteiger partial charge on any atom is -0.392 e. The first-order valence-electron chi connectivity index (χ1n) is 4.28. The van der Waals surface area contributed by atoms with E-state index in [1.165, 1.54) is 0 Å². The zero-order valence-electron chi connectivity index (χ0n) is 7.13. The molecule has 0 spiro atoms. The Morgan fingerprint density at radius 1 is 1.46 bits per heavy atom. The number of alkyl halides is 1. The molecule has 1 atom stereocenters. The van der Waals surface area contributed by atoms with Crippen molar-refractivity contribution in [1.29, 1.82) is 0 Å². The van der Waals surface area contributed by atoms with Gasteiger partial charge in [-0.05, 0) is 17.5 Å². The van der Waals surface area contributed by atoms with E-state index in [1.807, 2.05) is 0 Å². The highest BCUT2D eigenvalue weighted by Crippen LogP contribution is 2.38. The molecular weight excluding hydrogens is 171 g/mol. The summed E-state index contributed by atoms with van der Waals surface area (Å²) in [5, 5.41) is 18.1. The first kappa shape index (κ1) is 8.66. The highest BCUT2D eigenvalue weighted by molar-refractivity contribution is 5.38. The molecule has 3 heteroatoms. The maximum atomic E-state index is 13.3. The number of hydrogen-bond donors (Lipinski definition) is 2. The fourth-order valence-electron chi connectivity index (χ4n) is 1.76. The van der Waals surface area contributed by atoms with Gasteiger partial charge in [0.05, 0.1) is 6.61 Å². The molecule has 0 amide bonds. The van der Waals surface area contributed by atoms with Crippen molar-refractivity contribution in [1.82, 2.24) is 0 Å². The summed E-state index contributed by atoms with van der Waals surface area (Å²) in [6.45, 7) is -0.0437. The number of halogens is 1. The van der Waals surface area contributed by atoms with Gasteiger partial charge in [0.25, 0.3) is 0 Å². The van der Waals surface area contributed by atoms with Crippen LogP contribution in [0.15, 0.2) is 18.2 Å². The molecule has 1 aliphatic rings. The lowest BCUT2D eigenvalue weighted by Gasteiger charge is -2.12. The smallest absolute Gasteiger partial charge is 0.233 e. The summed E-state index contributed by atoms with van der Waals surface area (Å²) >= 11 is 0. The molecule has 0 aromatic heterocycles. The average molecular weight is 182 g/mol. The molecule has 0 saturated heterocycles. The highest BCUT2D eigenvalue weighted by atomic mass is 19.2. The Morgan fingerprint density at radius 2 is 2.23 bits per heavy atom. The lowest BCUT2D eigenvalue weighted by molar-refractivity contribution is -0.0926. The number of aliphatic hydroxyl groups excluding tert-OH is 1. The first-order chi connectivity index (χ1) is 6.13. The Balaban J connectivity index is 2.46. The van der Waals surface area contributed by atoms with Crippen molar-refractivity contribution in [3.8, 4) is 0 Å². The van der Waals surface area contributed by atoms with Gasteiger partial charge in [0.2, 0.25) is 5.85 Å². The van der Waals surface area contributed by atoms with E-state index in [4.69, 9.17) is 5.11 Å². The molecular formula is C10H11FO2. The van der Waals surface area contributed by atoms with Gasteiger partial charge in [-0.15, -0.1) is 0 Å². The number of rotatable bonds is 1. The molecule has 70 valence electrons. The van der Waals surface area contributed by atoms with Crippen LogP contribution in [0.2, 0.25) is 0 Å². The Hall–Kier alpha value is -0.930. The van der Waals surface area contributed by atoms with Gasteiger partial charge in [0.15, 0.2) is 0 Å². The summed E-state index contributed by atoms with van der Waals surface area (Å²) < 4.78 is 13.3. The maximum Gasteiger partial charge on any atom is 0.233 e. The molecule has 1 aromatic carbocycles. The standard InChI is InChI=1S/C10H11FO2/c11-10(13)4-3-8-5-7(6-12)1-2-9(8)10/h1-2,5,12-13H,3-4,6H2. The lowest BCUT2D eigenvalue weighted by Crippen LogP contribution is -2.14. The lowest BCUT2D eigenvalue weighted by atomic mass is 10.1. The molecule has 1 aliphatic carbocycles. The summed E-state index contributed by atoms with van der Waals surface area (Å²) in [7, 11) is 0. The molecule has 13 heavy (non-hydrogen) atoms. The number of aliphatic hydroxyl groups is 2. The summed E-state index contributed by atoms with van der Waals surface area (Å²) in [6.07, 6.45) is 0.660. The van der Waals surface area contributed by atoms with Crippen LogP contribution in [0.1, 0.15) is 23.1 Å². The molecule has 2 N–H and O–H groups in total. The Bertz CT molecular complexity index is 334. The Morgan fingerprint density at radius 3 is 2.92 bits per heavy atom. The third kappa shape index (κ3) is 1.34. The number of benzene rings is 1. The van der Waals surface area contributed by atoms with Crippen LogP contribution >= 0.6 is 0 Å². The first-order valence-corrected chi connectivity index (χ1v) is 4.28. The molecule has 0 heterocycles. The minimum absolute atomic E-state index is 0.0437. The summed E-state index contributed by atoms with van der Waals surface area (Å²) in [5.41, 5.74) is 1.91. The van der Waals surface area contributed by atoms with Crippen molar-refractivity contribution in [3.05, 3.63) is 34.9 Å². The van der Waals surface area contributed by atoms with Gasteiger partial charge in [0, 0.05) is 12.0 Å². The van der Waals surface area contributed by atoms with E-state index in [2.05, 4.69) is 0 Å². The van der Waals surface area contributed by atoms with Gasteiger partial charge in [0.1, 0.15) is 0 Å². The van der Waals surface area contributed by atoms with E-state index >= 15 is 0 Å². The summed E-state index contributed by atoms with van der Waals surface area (Å²) in [6, 6.07) is 4.93. The van der Waals surface area contributed by atoms with Crippen LogP contribution in [0.25, 0.3) is 0 Å². The Labute approximate surface area is 75.6 Å². The molecule has 0 bridgehead atoms. The van der Waals surface area contributed by atoms with Crippen LogP contribution in [-0.4, -0.2) is 10.2 Å². The molecule has 0 aliphatic heterocycles.